The van der Waals surface area contributed by atoms with E-state index < -0.39 is 5.54 Å². The number of nitrogens with two attached hydrogens (primary N) is 1. The van der Waals surface area contributed by atoms with E-state index in [2.05, 4.69) is 5.32 Å². The fourth-order valence-electron chi connectivity index (χ4n) is 2.07. The molecule has 0 aromatic heterocycles. The van der Waals surface area contributed by atoms with Crippen molar-refractivity contribution in [1.29, 1.82) is 0 Å². The minimum atomic E-state index is -0.815. The van der Waals surface area contributed by atoms with E-state index in [-0.39, 0.29) is 11.7 Å². The third kappa shape index (κ3) is 3.53. The molecule has 0 atom stereocenters. The molecule has 0 heterocycles. The fourth-order valence-corrected chi connectivity index (χ4v) is 2.07. The smallest absolute Gasteiger partial charge is 0.240 e. The summed E-state index contributed by atoms with van der Waals surface area (Å²) >= 11 is 0. The van der Waals surface area contributed by atoms with Crippen molar-refractivity contribution in [3.8, 4) is 0 Å². The summed E-state index contributed by atoms with van der Waals surface area (Å²) in [5, 5.41) is 2.83. The minimum absolute atomic E-state index is 0.155. The third-order valence-electron chi connectivity index (χ3n) is 3.66. The summed E-state index contributed by atoms with van der Waals surface area (Å²) in [6, 6.07) is 3.50. The first-order chi connectivity index (χ1) is 8.84. The largest absolute Gasteiger partial charge is 0.350 e. The van der Waals surface area contributed by atoms with Crippen LogP contribution in [0.15, 0.2) is 12.1 Å². The molecule has 106 valence electrons. The molecule has 0 fully saturated rings. The van der Waals surface area contributed by atoms with Crippen LogP contribution in [-0.4, -0.2) is 11.4 Å². The van der Waals surface area contributed by atoms with Crippen LogP contribution in [0, 0.1) is 19.7 Å². The van der Waals surface area contributed by atoms with Gasteiger partial charge in [0.05, 0.1) is 5.54 Å². The van der Waals surface area contributed by atoms with Crippen molar-refractivity contribution in [1.82, 2.24) is 5.32 Å². The van der Waals surface area contributed by atoms with Gasteiger partial charge in [-0.05, 0) is 43.4 Å². The third-order valence-corrected chi connectivity index (χ3v) is 3.66. The zero-order chi connectivity index (χ0) is 14.6. The van der Waals surface area contributed by atoms with Gasteiger partial charge in [-0.25, -0.2) is 4.39 Å². The van der Waals surface area contributed by atoms with Gasteiger partial charge in [0, 0.05) is 6.54 Å². The van der Waals surface area contributed by atoms with Gasteiger partial charge < -0.3 is 11.1 Å². The maximum Gasteiger partial charge on any atom is 0.240 e. The van der Waals surface area contributed by atoms with E-state index in [0.29, 0.717) is 30.5 Å². The van der Waals surface area contributed by atoms with Crippen molar-refractivity contribution >= 4 is 5.91 Å². The molecule has 0 saturated carbocycles. The van der Waals surface area contributed by atoms with Gasteiger partial charge in [-0.1, -0.05) is 26.0 Å². The Hall–Kier alpha value is -1.42. The van der Waals surface area contributed by atoms with Crippen LogP contribution in [0.1, 0.15) is 43.4 Å². The topological polar surface area (TPSA) is 55.1 Å². The van der Waals surface area contributed by atoms with E-state index in [0.717, 1.165) is 5.56 Å². The Morgan fingerprint density at radius 3 is 2.16 bits per heavy atom. The van der Waals surface area contributed by atoms with Crippen molar-refractivity contribution in [2.45, 2.75) is 52.6 Å². The molecule has 19 heavy (non-hydrogen) atoms. The molecule has 1 aromatic carbocycles. The lowest BCUT2D eigenvalue weighted by Crippen LogP contribution is -2.52. The summed E-state index contributed by atoms with van der Waals surface area (Å²) in [6.07, 6.45) is 1.19. The van der Waals surface area contributed by atoms with Crippen LogP contribution < -0.4 is 11.1 Å². The molecule has 3 nitrogen and oxygen atoms in total. The SMILES string of the molecule is CCC(N)(CC)C(=O)NCc1cc(C)c(F)c(C)c1. The molecular weight excluding hydrogens is 243 g/mol. The normalized spacial score (nSPS) is 11.5. The first-order valence-corrected chi connectivity index (χ1v) is 6.66. The predicted molar refractivity (Wildman–Crippen MR) is 75.2 cm³/mol. The predicted octanol–water partition coefficient (Wildman–Crippen LogP) is 2.58. The van der Waals surface area contributed by atoms with Gasteiger partial charge in [0.2, 0.25) is 5.91 Å². The summed E-state index contributed by atoms with van der Waals surface area (Å²) in [7, 11) is 0. The quantitative estimate of drug-likeness (QED) is 0.860. The molecule has 0 unspecified atom stereocenters. The van der Waals surface area contributed by atoms with Crippen LogP contribution in [-0.2, 0) is 11.3 Å². The van der Waals surface area contributed by atoms with E-state index in [1.807, 2.05) is 13.8 Å². The van der Waals surface area contributed by atoms with E-state index in [1.165, 1.54) is 0 Å². The molecule has 1 amide bonds. The molecule has 1 rings (SSSR count). The van der Waals surface area contributed by atoms with Crippen molar-refractivity contribution < 1.29 is 9.18 Å². The van der Waals surface area contributed by atoms with E-state index in [9.17, 15) is 9.18 Å². The van der Waals surface area contributed by atoms with Gasteiger partial charge >= 0.3 is 0 Å². The lowest BCUT2D eigenvalue weighted by molar-refractivity contribution is -0.126. The first kappa shape index (κ1) is 15.6. The Bertz CT molecular complexity index is 444. The van der Waals surface area contributed by atoms with E-state index in [1.54, 1.807) is 26.0 Å². The highest BCUT2D eigenvalue weighted by Gasteiger charge is 2.29. The van der Waals surface area contributed by atoms with Crippen LogP contribution in [0.5, 0.6) is 0 Å². The van der Waals surface area contributed by atoms with Crippen molar-refractivity contribution in [3.63, 3.8) is 0 Å². The second kappa shape index (κ2) is 6.15. The van der Waals surface area contributed by atoms with Crippen molar-refractivity contribution in [2.75, 3.05) is 0 Å². The second-order valence-corrected chi connectivity index (χ2v) is 5.09. The summed E-state index contributed by atoms with van der Waals surface area (Å²) in [5.41, 5.74) is 7.27. The highest BCUT2D eigenvalue weighted by atomic mass is 19.1. The number of benzene rings is 1. The maximum atomic E-state index is 13.5. The molecule has 0 saturated heterocycles. The van der Waals surface area contributed by atoms with Gasteiger partial charge in [0.15, 0.2) is 0 Å². The molecule has 0 bridgehead atoms. The lowest BCUT2D eigenvalue weighted by Gasteiger charge is -2.25. The lowest BCUT2D eigenvalue weighted by atomic mass is 9.93. The molecule has 0 aliphatic rings. The van der Waals surface area contributed by atoms with Gasteiger partial charge in [0.25, 0.3) is 0 Å². The fraction of sp³-hybridized carbons (Fsp3) is 0.533. The Morgan fingerprint density at radius 2 is 1.74 bits per heavy atom. The molecule has 0 radical (unpaired) electrons. The highest BCUT2D eigenvalue weighted by Crippen LogP contribution is 2.15. The van der Waals surface area contributed by atoms with Gasteiger partial charge in [-0.2, -0.15) is 0 Å². The van der Waals surface area contributed by atoms with Crippen molar-refractivity contribution in [3.05, 3.63) is 34.6 Å². The highest BCUT2D eigenvalue weighted by molar-refractivity contribution is 5.85. The molecule has 1 aromatic rings. The Balaban J connectivity index is 2.75. The number of rotatable bonds is 5. The standard InChI is InChI=1S/C15H23FN2O/c1-5-15(17,6-2)14(19)18-9-12-7-10(3)13(16)11(4)8-12/h7-8H,5-6,9,17H2,1-4H3,(H,18,19). The van der Waals surface area contributed by atoms with Crippen LogP contribution in [0.25, 0.3) is 0 Å². The van der Waals surface area contributed by atoms with E-state index >= 15 is 0 Å². The molecule has 3 N–H and O–H groups in total. The number of carbonyl (C=O) groups excluding carboxylic acids is 1. The first-order valence-electron chi connectivity index (χ1n) is 6.66. The number of hydrogen-bond acceptors (Lipinski definition) is 2. The van der Waals surface area contributed by atoms with Crippen LogP contribution >= 0.6 is 0 Å². The van der Waals surface area contributed by atoms with Gasteiger partial charge in [0.1, 0.15) is 5.82 Å². The minimum Gasteiger partial charge on any atom is -0.350 e. The number of nitrogens with one attached hydrogen (secondary N) is 1. The summed E-state index contributed by atoms with van der Waals surface area (Å²) in [5.74, 6) is -0.345. The molecule has 4 heteroatoms. The number of amides is 1. The van der Waals surface area contributed by atoms with E-state index in [4.69, 9.17) is 5.73 Å². The zero-order valence-electron chi connectivity index (χ0n) is 12.1. The van der Waals surface area contributed by atoms with Gasteiger partial charge in [-0.3, -0.25) is 4.79 Å². The van der Waals surface area contributed by atoms with Crippen LogP contribution in [0.3, 0.4) is 0 Å². The second-order valence-electron chi connectivity index (χ2n) is 5.09. The summed E-state index contributed by atoms with van der Waals surface area (Å²) in [6.45, 7) is 7.61. The maximum absolute atomic E-state index is 13.5. The molecular formula is C15H23FN2O. The van der Waals surface area contributed by atoms with Crippen LogP contribution in [0.4, 0.5) is 4.39 Å². The zero-order valence-corrected chi connectivity index (χ0v) is 12.1. The monoisotopic (exact) mass is 266 g/mol. The Labute approximate surface area is 114 Å². The van der Waals surface area contributed by atoms with Crippen molar-refractivity contribution in [2.24, 2.45) is 5.73 Å². The summed E-state index contributed by atoms with van der Waals surface area (Å²) in [4.78, 5) is 12.0. The number of aryl methyl sites for hydroxylation is 2. The number of carbonyl (C=O) groups is 1. The van der Waals surface area contributed by atoms with Crippen LogP contribution in [0.2, 0.25) is 0 Å². The molecule has 0 aliphatic heterocycles. The Kier molecular flexibility index (Phi) is 5.06. The molecule has 0 aliphatic carbocycles. The van der Waals surface area contributed by atoms with Gasteiger partial charge in [-0.15, -0.1) is 0 Å². The Morgan fingerprint density at radius 1 is 1.26 bits per heavy atom. The average molecular weight is 266 g/mol. The average Bonchev–Trinajstić information content (AvgIpc) is 2.40. The molecule has 0 spiro atoms. The number of halogens is 1. The number of hydrogen-bond donors (Lipinski definition) is 2. The summed E-state index contributed by atoms with van der Waals surface area (Å²) < 4.78 is 13.5.